The zero-order chi connectivity index (χ0) is 15.6. The first-order valence-corrected chi connectivity index (χ1v) is 7.26. The van der Waals surface area contributed by atoms with E-state index in [1.165, 1.54) is 0 Å². The van der Waals surface area contributed by atoms with Crippen LogP contribution in [0.1, 0.15) is 0 Å². The summed E-state index contributed by atoms with van der Waals surface area (Å²) < 4.78 is 0. The number of benzene rings is 2. The normalized spacial score (nSPS) is 10.8. The number of hydrogen-bond donors (Lipinski definition) is 2. The number of hydrogen-bond acceptors (Lipinski definition) is 5. The fourth-order valence-corrected chi connectivity index (χ4v) is 2.54. The monoisotopic (exact) mass is 302 g/mol. The van der Waals surface area contributed by atoms with E-state index >= 15 is 0 Å². The second kappa shape index (κ2) is 5.55. The van der Waals surface area contributed by atoms with Crippen LogP contribution < -0.4 is 10.6 Å². The summed E-state index contributed by atoms with van der Waals surface area (Å²) in [6.07, 6.45) is 1.77. The molecule has 0 unspecified atom stereocenters. The number of hydrazine groups is 1. The Morgan fingerprint density at radius 3 is 2.57 bits per heavy atom. The molecule has 0 saturated carbocycles. The summed E-state index contributed by atoms with van der Waals surface area (Å²) in [5, 5.41) is 13.1. The van der Waals surface area contributed by atoms with Gasteiger partial charge in [-0.05, 0) is 42.5 Å². The van der Waals surface area contributed by atoms with E-state index in [1.807, 2.05) is 54.6 Å². The third-order valence-electron chi connectivity index (χ3n) is 3.66. The summed E-state index contributed by atoms with van der Waals surface area (Å²) in [5.74, 6) is 0.556. The van der Waals surface area contributed by atoms with Gasteiger partial charge in [-0.3, -0.25) is 15.6 Å². The molecule has 2 N–H and O–H groups in total. The minimum absolute atomic E-state index is 0.556. The van der Waals surface area contributed by atoms with Crippen molar-refractivity contribution < 1.29 is 5.21 Å². The van der Waals surface area contributed by atoms with Crippen molar-refractivity contribution in [3.05, 3.63) is 72.9 Å². The van der Waals surface area contributed by atoms with Gasteiger partial charge in [-0.1, -0.05) is 24.3 Å². The number of aromatic nitrogens is 2. The molecule has 0 aliphatic rings. The van der Waals surface area contributed by atoms with Crippen molar-refractivity contribution in [3.8, 4) is 0 Å². The van der Waals surface area contributed by atoms with Gasteiger partial charge < -0.3 is 0 Å². The van der Waals surface area contributed by atoms with E-state index in [9.17, 15) is 5.21 Å². The van der Waals surface area contributed by atoms with Crippen LogP contribution in [0.15, 0.2) is 72.9 Å². The average molecular weight is 302 g/mol. The first-order valence-electron chi connectivity index (χ1n) is 7.26. The fourth-order valence-electron chi connectivity index (χ4n) is 2.54. The summed E-state index contributed by atoms with van der Waals surface area (Å²) >= 11 is 0. The number of nitrogens with zero attached hydrogens (tertiary/aromatic N) is 3. The number of rotatable bonds is 3. The highest BCUT2D eigenvalue weighted by Crippen LogP contribution is 2.24. The maximum Gasteiger partial charge on any atom is 0.147 e. The summed E-state index contributed by atoms with van der Waals surface area (Å²) in [4.78, 5) is 8.97. The summed E-state index contributed by atoms with van der Waals surface area (Å²) in [7, 11) is 0. The molecule has 0 bridgehead atoms. The molecule has 0 spiro atoms. The van der Waals surface area contributed by atoms with Crippen LogP contribution in [0, 0.1) is 0 Å². The van der Waals surface area contributed by atoms with Crippen LogP contribution in [0.2, 0.25) is 0 Å². The lowest BCUT2D eigenvalue weighted by Crippen LogP contribution is -2.25. The van der Waals surface area contributed by atoms with E-state index in [2.05, 4.69) is 15.4 Å². The third-order valence-corrected chi connectivity index (χ3v) is 3.66. The van der Waals surface area contributed by atoms with Crippen LogP contribution in [0.5, 0.6) is 0 Å². The fraction of sp³-hybridized carbons (Fsp3) is 0. The van der Waals surface area contributed by atoms with Gasteiger partial charge >= 0.3 is 0 Å². The Morgan fingerprint density at radius 2 is 1.70 bits per heavy atom. The Hall–Kier alpha value is -3.18. The van der Waals surface area contributed by atoms with Gasteiger partial charge in [-0.2, -0.15) is 5.17 Å². The molecule has 2 aromatic carbocycles. The number of fused-ring (bicyclic) bond motifs is 3. The first kappa shape index (κ1) is 13.5. The van der Waals surface area contributed by atoms with Crippen molar-refractivity contribution in [2.45, 2.75) is 0 Å². The molecule has 0 amide bonds. The van der Waals surface area contributed by atoms with Gasteiger partial charge in [0.05, 0.1) is 16.7 Å². The highest BCUT2D eigenvalue weighted by atomic mass is 16.5. The van der Waals surface area contributed by atoms with Crippen LogP contribution in [0.3, 0.4) is 0 Å². The van der Waals surface area contributed by atoms with Crippen molar-refractivity contribution in [2.24, 2.45) is 0 Å². The number of para-hydroxylation sites is 1. The average Bonchev–Trinajstić information content (AvgIpc) is 2.62. The van der Waals surface area contributed by atoms with E-state index in [1.54, 1.807) is 18.3 Å². The molecular formula is C18H14N4O. The highest BCUT2D eigenvalue weighted by Gasteiger charge is 2.06. The number of nitrogens with one attached hydrogen (secondary N) is 1. The standard InChI is InChI=1S/C18H14N4O/c23-22(14-5-2-1-3-6-14)21-17-11-9-13-8-10-16-15(18(13)20-17)7-4-12-19-16/h1-12,23H,(H,20,21). The lowest BCUT2D eigenvalue weighted by molar-refractivity contribution is 0.277. The van der Waals surface area contributed by atoms with Crippen molar-refractivity contribution in [1.29, 1.82) is 0 Å². The SMILES string of the molecule is ON(Nc1ccc2ccc3ncccc3c2n1)c1ccccc1. The van der Waals surface area contributed by atoms with Crippen molar-refractivity contribution in [1.82, 2.24) is 9.97 Å². The van der Waals surface area contributed by atoms with E-state index in [0.29, 0.717) is 11.5 Å². The summed E-state index contributed by atoms with van der Waals surface area (Å²) in [6, 6.07) is 20.9. The van der Waals surface area contributed by atoms with Gasteiger partial charge in [-0.15, -0.1) is 0 Å². The Labute approximate surface area is 132 Å². The highest BCUT2D eigenvalue weighted by molar-refractivity contribution is 6.04. The molecule has 0 saturated heterocycles. The summed E-state index contributed by atoms with van der Waals surface area (Å²) in [5.41, 5.74) is 5.25. The van der Waals surface area contributed by atoms with Gasteiger partial charge in [0.2, 0.25) is 0 Å². The van der Waals surface area contributed by atoms with Crippen LogP contribution >= 0.6 is 0 Å². The largest absolute Gasteiger partial charge is 0.269 e. The van der Waals surface area contributed by atoms with Crippen LogP contribution in [0.25, 0.3) is 21.8 Å². The lowest BCUT2D eigenvalue weighted by atomic mass is 10.1. The molecule has 0 aliphatic carbocycles. The predicted molar refractivity (Wildman–Crippen MR) is 91.4 cm³/mol. The third kappa shape index (κ3) is 2.54. The van der Waals surface area contributed by atoms with Crippen LogP contribution in [0.4, 0.5) is 11.5 Å². The van der Waals surface area contributed by atoms with E-state index in [-0.39, 0.29) is 0 Å². The van der Waals surface area contributed by atoms with Gasteiger partial charge in [-0.25, -0.2) is 4.98 Å². The second-order valence-electron chi connectivity index (χ2n) is 5.16. The quantitative estimate of drug-likeness (QED) is 0.442. The molecule has 0 atom stereocenters. The molecular weight excluding hydrogens is 288 g/mol. The Balaban J connectivity index is 1.75. The molecule has 0 fully saturated rings. The predicted octanol–water partition coefficient (Wildman–Crippen LogP) is 4.01. The first-order chi connectivity index (χ1) is 11.3. The van der Waals surface area contributed by atoms with Crippen molar-refractivity contribution in [2.75, 3.05) is 10.6 Å². The molecule has 5 heteroatoms. The number of anilines is 2. The zero-order valence-corrected chi connectivity index (χ0v) is 12.2. The Bertz CT molecular complexity index is 972. The molecule has 2 aromatic heterocycles. The molecule has 0 aliphatic heterocycles. The molecule has 0 radical (unpaired) electrons. The Morgan fingerprint density at radius 1 is 0.870 bits per heavy atom. The molecule has 4 rings (SSSR count). The van der Waals surface area contributed by atoms with Crippen molar-refractivity contribution in [3.63, 3.8) is 0 Å². The minimum atomic E-state index is 0.556. The Kier molecular flexibility index (Phi) is 3.25. The maximum absolute atomic E-state index is 10.1. The van der Waals surface area contributed by atoms with Gasteiger partial charge in [0, 0.05) is 17.0 Å². The van der Waals surface area contributed by atoms with Crippen molar-refractivity contribution >= 4 is 33.3 Å². The minimum Gasteiger partial charge on any atom is -0.269 e. The van der Waals surface area contributed by atoms with E-state index in [4.69, 9.17) is 0 Å². The molecule has 5 nitrogen and oxygen atoms in total. The lowest BCUT2D eigenvalue weighted by Gasteiger charge is -2.18. The maximum atomic E-state index is 10.1. The smallest absolute Gasteiger partial charge is 0.147 e. The van der Waals surface area contributed by atoms with Crippen LogP contribution in [-0.2, 0) is 0 Å². The van der Waals surface area contributed by atoms with Gasteiger partial charge in [0.1, 0.15) is 5.82 Å². The van der Waals surface area contributed by atoms with Gasteiger partial charge in [0.15, 0.2) is 0 Å². The molecule has 4 aromatic rings. The summed E-state index contributed by atoms with van der Waals surface area (Å²) in [6.45, 7) is 0. The molecule has 23 heavy (non-hydrogen) atoms. The second-order valence-corrected chi connectivity index (χ2v) is 5.16. The van der Waals surface area contributed by atoms with E-state index < -0.39 is 0 Å². The van der Waals surface area contributed by atoms with E-state index in [0.717, 1.165) is 27.0 Å². The topological polar surface area (TPSA) is 61.3 Å². The zero-order valence-electron chi connectivity index (χ0n) is 12.2. The number of pyridine rings is 2. The molecule has 2 heterocycles. The van der Waals surface area contributed by atoms with Gasteiger partial charge in [0.25, 0.3) is 0 Å². The van der Waals surface area contributed by atoms with Crippen LogP contribution in [-0.4, -0.2) is 15.2 Å². The molecule has 112 valence electrons.